The van der Waals surface area contributed by atoms with E-state index in [1.54, 1.807) is 12.1 Å². The lowest BCUT2D eigenvalue weighted by Gasteiger charge is -2.31. The molecule has 120 valence electrons. The molecule has 0 saturated carbocycles. The van der Waals surface area contributed by atoms with Crippen molar-refractivity contribution < 1.29 is 9.18 Å². The predicted octanol–water partition coefficient (Wildman–Crippen LogP) is 3.10. The van der Waals surface area contributed by atoms with Crippen LogP contribution in [0.15, 0.2) is 36.4 Å². The van der Waals surface area contributed by atoms with Gasteiger partial charge < -0.3 is 10.2 Å². The Kier molecular flexibility index (Phi) is 4.50. The van der Waals surface area contributed by atoms with Crippen molar-refractivity contribution in [3.63, 3.8) is 0 Å². The zero-order chi connectivity index (χ0) is 16.2. The molecule has 1 atom stereocenters. The quantitative estimate of drug-likeness (QED) is 0.946. The van der Waals surface area contributed by atoms with Gasteiger partial charge in [0.25, 0.3) is 5.91 Å². The van der Waals surface area contributed by atoms with Gasteiger partial charge in [0.05, 0.1) is 0 Å². The molecular weight excluding hydrogens is 295 g/mol. The number of benzene rings is 1. The van der Waals surface area contributed by atoms with Gasteiger partial charge in [0, 0.05) is 18.8 Å². The second-order valence-electron chi connectivity index (χ2n) is 5.93. The minimum Gasteiger partial charge on any atom is -0.355 e. The van der Waals surface area contributed by atoms with Crippen molar-refractivity contribution in [1.29, 1.82) is 0 Å². The van der Waals surface area contributed by atoms with Crippen molar-refractivity contribution in [3.05, 3.63) is 47.9 Å². The van der Waals surface area contributed by atoms with E-state index in [4.69, 9.17) is 0 Å². The normalized spacial score (nSPS) is 17.8. The molecule has 1 aromatic heterocycles. The summed E-state index contributed by atoms with van der Waals surface area (Å²) in [6, 6.07) is 9.20. The first-order chi connectivity index (χ1) is 11.1. The third kappa shape index (κ3) is 3.83. The number of halogens is 1. The van der Waals surface area contributed by atoms with Gasteiger partial charge in [-0.25, -0.2) is 4.39 Å². The minimum atomic E-state index is -0.401. The molecule has 5 nitrogen and oxygen atoms in total. The number of piperidine rings is 1. The number of carbonyl (C=O) groups excluding carboxylic acids is 1. The van der Waals surface area contributed by atoms with Crippen LogP contribution < -0.4 is 10.2 Å². The third-order valence-electron chi connectivity index (χ3n) is 3.95. The van der Waals surface area contributed by atoms with Crippen LogP contribution in [0.25, 0.3) is 0 Å². The Morgan fingerprint density at radius 2 is 2.17 bits per heavy atom. The van der Waals surface area contributed by atoms with Gasteiger partial charge in [-0.2, -0.15) is 0 Å². The SMILES string of the molecule is CC1CCCN(c2ccc(C(=O)Nc3cccc(F)c3)nn2)C1. The zero-order valence-electron chi connectivity index (χ0n) is 13.0. The first-order valence-corrected chi connectivity index (χ1v) is 7.77. The molecule has 1 aliphatic heterocycles. The van der Waals surface area contributed by atoms with Gasteiger partial charge >= 0.3 is 0 Å². The molecule has 1 amide bonds. The summed E-state index contributed by atoms with van der Waals surface area (Å²) in [6.45, 7) is 4.15. The minimum absolute atomic E-state index is 0.211. The highest BCUT2D eigenvalue weighted by Gasteiger charge is 2.18. The summed E-state index contributed by atoms with van der Waals surface area (Å²) < 4.78 is 13.1. The molecule has 1 aromatic carbocycles. The van der Waals surface area contributed by atoms with Gasteiger partial charge in [0.2, 0.25) is 0 Å². The monoisotopic (exact) mass is 314 g/mol. The number of aromatic nitrogens is 2. The lowest BCUT2D eigenvalue weighted by atomic mass is 10.0. The van der Waals surface area contributed by atoms with Crippen LogP contribution in [-0.2, 0) is 0 Å². The number of amides is 1. The van der Waals surface area contributed by atoms with E-state index in [-0.39, 0.29) is 5.69 Å². The van der Waals surface area contributed by atoms with Gasteiger partial charge in [0.1, 0.15) is 5.82 Å². The van der Waals surface area contributed by atoms with Crippen molar-refractivity contribution in [3.8, 4) is 0 Å². The van der Waals surface area contributed by atoms with E-state index in [0.717, 1.165) is 25.3 Å². The van der Waals surface area contributed by atoms with Crippen molar-refractivity contribution in [2.75, 3.05) is 23.3 Å². The van der Waals surface area contributed by atoms with Gasteiger partial charge in [-0.1, -0.05) is 13.0 Å². The lowest BCUT2D eigenvalue weighted by Crippen LogP contribution is -2.35. The van der Waals surface area contributed by atoms with Crippen LogP contribution in [-0.4, -0.2) is 29.2 Å². The molecule has 0 bridgehead atoms. The Bertz CT molecular complexity index is 689. The predicted molar refractivity (Wildman–Crippen MR) is 87.0 cm³/mol. The largest absolute Gasteiger partial charge is 0.355 e. The van der Waals surface area contributed by atoms with Crippen molar-refractivity contribution >= 4 is 17.4 Å². The Morgan fingerprint density at radius 1 is 1.30 bits per heavy atom. The fourth-order valence-corrected chi connectivity index (χ4v) is 2.77. The summed E-state index contributed by atoms with van der Waals surface area (Å²) in [5.74, 6) is 0.630. The molecular formula is C17H19FN4O. The zero-order valence-corrected chi connectivity index (χ0v) is 13.0. The van der Waals surface area contributed by atoms with Crippen molar-refractivity contribution in [1.82, 2.24) is 10.2 Å². The van der Waals surface area contributed by atoms with Crippen LogP contribution in [0.3, 0.4) is 0 Å². The number of carbonyl (C=O) groups is 1. The van der Waals surface area contributed by atoms with E-state index in [2.05, 4.69) is 27.3 Å². The smallest absolute Gasteiger partial charge is 0.276 e. The highest BCUT2D eigenvalue weighted by atomic mass is 19.1. The fraction of sp³-hybridized carbons (Fsp3) is 0.353. The lowest BCUT2D eigenvalue weighted by molar-refractivity contribution is 0.102. The summed E-state index contributed by atoms with van der Waals surface area (Å²) in [7, 11) is 0. The molecule has 0 radical (unpaired) electrons. The second kappa shape index (κ2) is 6.73. The highest BCUT2D eigenvalue weighted by Crippen LogP contribution is 2.20. The highest BCUT2D eigenvalue weighted by molar-refractivity contribution is 6.02. The number of nitrogens with zero attached hydrogens (tertiary/aromatic N) is 3. The van der Waals surface area contributed by atoms with Crippen LogP contribution in [0.5, 0.6) is 0 Å². The van der Waals surface area contributed by atoms with E-state index in [0.29, 0.717) is 11.6 Å². The summed E-state index contributed by atoms with van der Waals surface area (Å²) >= 11 is 0. The number of nitrogens with one attached hydrogen (secondary N) is 1. The van der Waals surface area contributed by atoms with Crippen LogP contribution in [0.2, 0.25) is 0 Å². The van der Waals surface area contributed by atoms with Gasteiger partial charge in [0.15, 0.2) is 11.5 Å². The van der Waals surface area contributed by atoms with E-state index < -0.39 is 11.7 Å². The van der Waals surface area contributed by atoms with Crippen molar-refractivity contribution in [2.24, 2.45) is 5.92 Å². The molecule has 0 spiro atoms. The van der Waals surface area contributed by atoms with E-state index in [1.807, 2.05) is 6.07 Å². The van der Waals surface area contributed by atoms with Gasteiger partial charge in [-0.05, 0) is 49.1 Å². The first kappa shape index (κ1) is 15.4. The maximum absolute atomic E-state index is 13.1. The number of rotatable bonds is 3. The van der Waals surface area contributed by atoms with E-state index in [9.17, 15) is 9.18 Å². The molecule has 2 aromatic rings. The summed E-state index contributed by atoms with van der Waals surface area (Å²) in [4.78, 5) is 14.3. The number of hydrogen-bond acceptors (Lipinski definition) is 4. The maximum atomic E-state index is 13.1. The van der Waals surface area contributed by atoms with Crippen molar-refractivity contribution in [2.45, 2.75) is 19.8 Å². The molecule has 1 unspecified atom stereocenters. The Morgan fingerprint density at radius 3 is 2.87 bits per heavy atom. The molecule has 1 saturated heterocycles. The number of hydrogen-bond donors (Lipinski definition) is 1. The summed E-state index contributed by atoms with van der Waals surface area (Å²) in [5.41, 5.74) is 0.605. The van der Waals surface area contributed by atoms with E-state index in [1.165, 1.54) is 24.6 Å². The average molecular weight is 314 g/mol. The second-order valence-corrected chi connectivity index (χ2v) is 5.93. The Labute approximate surface area is 134 Å². The Hall–Kier alpha value is -2.50. The topological polar surface area (TPSA) is 58.1 Å². The van der Waals surface area contributed by atoms with Crippen LogP contribution >= 0.6 is 0 Å². The first-order valence-electron chi connectivity index (χ1n) is 7.77. The summed E-state index contributed by atoms with van der Waals surface area (Å²) in [6.07, 6.45) is 2.38. The van der Waals surface area contributed by atoms with Gasteiger partial charge in [-0.15, -0.1) is 10.2 Å². The molecule has 0 aliphatic carbocycles. The molecule has 1 N–H and O–H groups in total. The van der Waals surface area contributed by atoms with Crippen LogP contribution in [0, 0.1) is 11.7 Å². The molecule has 23 heavy (non-hydrogen) atoms. The third-order valence-corrected chi connectivity index (χ3v) is 3.95. The summed E-state index contributed by atoms with van der Waals surface area (Å²) in [5, 5.41) is 10.8. The maximum Gasteiger partial charge on any atom is 0.276 e. The Balaban J connectivity index is 1.68. The standard InChI is InChI=1S/C17H19FN4O/c1-12-4-3-9-22(11-12)16-8-7-15(20-21-16)17(23)19-14-6-2-5-13(18)10-14/h2,5-8,10,12H,3-4,9,11H2,1H3,(H,19,23). The molecule has 1 aliphatic rings. The molecule has 2 heterocycles. The molecule has 6 heteroatoms. The number of anilines is 2. The fourth-order valence-electron chi connectivity index (χ4n) is 2.77. The van der Waals surface area contributed by atoms with Crippen LogP contribution in [0.1, 0.15) is 30.3 Å². The van der Waals surface area contributed by atoms with E-state index >= 15 is 0 Å². The van der Waals surface area contributed by atoms with Gasteiger partial charge in [-0.3, -0.25) is 4.79 Å². The molecule has 1 fully saturated rings. The molecule has 3 rings (SSSR count). The van der Waals surface area contributed by atoms with Crippen LogP contribution in [0.4, 0.5) is 15.9 Å². The average Bonchev–Trinajstić information content (AvgIpc) is 2.55.